The van der Waals surface area contributed by atoms with Gasteiger partial charge in [0, 0.05) is 12.0 Å². The first-order valence-corrected chi connectivity index (χ1v) is 8.06. The van der Waals surface area contributed by atoms with Crippen molar-refractivity contribution in [2.75, 3.05) is 19.0 Å². The molecule has 5 heteroatoms. The second-order valence-corrected chi connectivity index (χ2v) is 7.05. The molecule has 0 fully saturated rings. The molecule has 0 radical (unpaired) electrons. The summed E-state index contributed by atoms with van der Waals surface area (Å²) in [6.07, 6.45) is 5.99. The molecule has 0 aromatic rings. The van der Waals surface area contributed by atoms with E-state index in [-0.39, 0.29) is 5.75 Å². The topological polar surface area (TPSA) is 69.4 Å². The van der Waals surface area contributed by atoms with Crippen LogP contribution in [0.4, 0.5) is 0 Å². The van der Waals surface area contributed by atoms with E-state index >= 15 is 0 Å². The molecular weight excluding hydrogens is 238 g/mol. The number of nitrogens with two attached hydrogens (primary N) is 1. The molecule has 0 aromatic heterocycles. The Balaban J connectivity index is 3.59. The van der Waals surface area contributed by atoms with Crippen LogP contribution < -0.4 is 5.14 Å². The SMILES string of the molecule is CCCCCCCOCC(C)(C)CS(N)(=O)=O. The fourth-order valence-electron chi connectivity index (χ4n) is 1.74. The Morgan fingerprint density at radius 1 is 1.12 bits per heavy atom. The third-order valence-electron chi connectivity index (χ3n) is 2.48. The molecule has 0 unspecified atom stereocenters. The zero-order valence-corrected chi connectivity index (χ0v) is 12.2. The molecule has 0 aromatic carbocycles. The molecule has 104 valence electrons. The summed E-state index contributed by atoms with van der Waals surface area (Å²) >= 11 is 0. The number of hydrogen-bond donors (Lipinski definition) is 1. The van der Waals surface area contributed by atoms with Crippen LogP contribution in [0.2, 0.25) is 0 Å². The van der Waals surface area contributed by atoms with Crippen LogP contribution in [0.1, 0.15) is 52.9 Å². The molecule has 0 saturated heterocycles. The summed E-state index contributed by atoms with van der Waals surface area (Å²) in [7, 11) is -3.42. The van der Waals surface area contributed by atoms with E-state index in [1.54, 1.807) is 0 Å². The number of hydrogen-bond acceptors (Lipinski definition) is 3. The second-order valence-electron chi connectivity index (χ2n) is 5.44. The highest BCUT2D eigenvalue weighted by molar-refractivity contribution is 7.89. The maximum Gasteiger partial charge on any atom is 0.209 e. The van der Waals surface area contributed by atoms with Gasteiger partial charge in [0.1, 0.15) is 0 Å². The number of rotatable bonds is 10. The molecule has 0 spiro atoms. The van der Waals surface area contributed by atoms with Gasteiger partial charge in [-0.15, -0.1) is 0 Å². The van der Waals surface area contributed by atoms with Crippen LogP contribution in [0, 0.1) is 5.41 Å². The third kappa shape index (κ3) is 12.1. The van der Waals surface area contributed by atoms with E-state index in [1.165, 1.54) is 25.7 Å². The number of primary sulfonamides is 1. The fraction of sp³-hybridized carbons (Fsp3) is 1.00. The van der Waals surface area contributed by atoms with Gasteiger partial charge >= 0.3 is 0 Å². The quantitative estimate of drug-likeness (QED) is 0.616. The summed E-state index contributed by atoms with van der Waals surface area (Å²) in [4.78, 5) is 0. The van der Waals surface area contributed by atoms with Gasteiger partial charge in [-0.2, -0.15) is 0 Å². The zero-order valence-electron chi connectivity index (χ0n) is 11.4. The normalized spacial score (nSPS) is 12.9. The van der Waals surface area contributed by atoms with Gasteiger partial charge < -0.3 is 4.74 Å². The molecule has 0 amide bonds. The summed E-state index contributed by atoms with van der Waals surface area (Å²) in [5.74, 6) is -0.0319. The van der Waals surface area contributed by atoms with Crippen molar-refractivity contribution in [1.82, 2.24) is 0 Å². The summed E-state index contributed by atoms with van der Waals surface area (Å²) < 4.78 is 27.5. The van der Waals surface area contributed by atoms with E-state index in [9.17, 15) is 8.42 Å². The van der Waals surface area contributed by atoms with Gasteiger partial charge in [0.15, 0.2) is 0 Å². The first-order valence-electron chi connectivity index (χ1n) is 6.35. The van der Waals surface area contributed by atoms with Crippen molar-refractivity contribution >= 4 is 10.0 Å². The molecule has 0 aliphatic heterocycles. The van der Waals surface area contributed by atoms with Gasteiger partial charge in [-0.3, -0.25) is 0 Å². The fourth-order valence-corrected chi connectivity index (χ4v) is 2.92. The smallest absolute Gasteiger partial charge is 0.209 e. The van der Waals surface area contributed by atoms with E-state index in [1.807, 2.05) is 13.8 Å². The predicted molar refractivity (Wildman–Crippen MR) is 71.3 cm³/mol. The van der Waals surface area contributed by atoms with Gasteiger partial charge in [-0.05, 0) is 6.42 Å². The Morgan fingerprint density at radius 2 is 1.71 bits per heavy atom. The number of unbranched alkanes of at least 4 members (excludes halogenated alkanes) is 4. The van der Waals surface area contributed by atoms with Crippen molar-refractivity contribution in [3.05, 3.63) is 0 Å². The van der Waals surface area contributed by atoms with Gasteiger partial charge in [-0.1, -0.05) is 46.5 Å². The van der Waals surface area contributed by atoms with E-state index in [4.69, 9.17) is 9.88 Å². The van der Waals surface area contributed by atoms with Crippen molar-refractivity contribution < 1.29 is 13.2 Å². The molecule has 0 saturated carbocycles. The summed E-state index contributed by atoms with van der Waals surface area (Å²) in [5.41, 5.74) is -0.406. The lowest BCUT2D eigenvalue weighted by molar-refractivity contribution is 0.0699. The summed E-state index contributed by atoms with van der Waals surface area (Å²) in [6, 6.07) is 0. The summed E-state index contributed by atoms with van der Waals surface area (Å²) in [6.45, 7) is 7.05. The van der Waals surface area contributed by atoms with Crippen molar-refractivity contribution in [1.29, 1.82) is 0 Å². The minimum Gasteiger partial charge on any atom is -0.381 e. The van der Waals surface area contributed by atoms with E-state index in [0.29, 0.717) is 13.2 Å². The number of sulfonamides is 1. The monoisotopic (exact) mass is 265 g/mol. The lowest BCUT2D eigenvalue weighted by Gasteiger charge is -2.22. The minimum absolute atomic E-state index is 0.0319. The van der Waals surface area contributed by atoms with Gasteiger partial charge in [-0.25, -0.2) is 13.6 Å². The molecular formula is C12H27NO3S. The largest absolute Gasteiger partial charge is 0.381 e. The highest BCUT2D eigenvalue weighted by Gasteiger charge is 2.24. The first-order chi connectivity index (χ1) is 7.77. The van der Waals surface area contributed by atoms with Crippen molar-refractivity contribution in [3.63, 3.8) is 0 Å². The summed E-state index contributed by atoms with van der Waals surface area (Å²) in [5, 5.41) is 5.02. The van der Waals surface area contributed by atoms with Crippen LogP contribution in [0.15, 0.2) is 0 Å². The standard InChI is InChI=1S/C12H27NO3S/c1-4-5-6-7-8-9-16-10-12(2,3)11-17(13,14)15/h4-11H2,1-3H3,(H2,13,14,15). The van der Waals surface area contributed by atoms with Crippen LogP contribution >= 0.6 is 0 Å². The van der Waals surface area contributed by atoms with Crippen molar-refractivity contribution in [2.24, 2.45) is 10.6 Å². The first kappa shape index (κ1) is 16.9. The molecule has 0 heterocycles. The van der Waals surface area contributed by atoms with Crippen molar-refractivity contribution in [3.8, 4) is 0 Å². The van der Waals surface area contributed by atoms with Crippen LogP contribution in [0.25, 0.3) is 0 Å². The maximum atomic E-state index is 11.0. The Hall–Kier alpha value is -0.130. The Morgan fingerprint density at radius 3 is 2.24 bits per heavy atom. The number of ether oxygens (including phenoxy) is 1. The predicted octanol–water partition coefficient (Wildman–Crippen LogP) is 2.29. The average Bonchev–Trinajstić information content (AvgIpc) is 2.12. The Bertz CT molecular complexity index is 286. The zero-order chi connectivity index (χ0) is 13.4. The van der Waals surface area contributed by atoms with E-state index in [0.717, 1.165) is 6.42 Å². The van der Waals surface area contributed by atoms with Crippen molar-refractivity contribution in [2.45, 2.75) is 52.9 Å². The van der Waals surface area contributed by atoms with Crippen LogP contribution in [0.5, 0.6) is 0 Å². The molecule has 0 aliphatic rings. The molecule has 0 rings (SSSR count). The lowest BCUT2D eigenvalue weighted by atomic mass is 9.98. The van der Waals surface area contributed by atoms with Gasteiger partial charge in [0.05, 0.1) is 12.4 Å². The van der Waals surface area contributed by atoms with Gasteiger partial charge in [0.25, 0.3) is 0 Å². The van der Waals surface area contributed by atoms with Crippen LogP contribution in [-0.2, 0) is 14.8 Å². The molecule has 17 heavy (non-hydrogen) atoms. The van der Waals surface area contributed by atoms with Crippen LogP contribution in [0.3, 0.4) is 0 Å². The molecule has 0 bridgehead atoms. The average molecular weight is 265 g/mol. The Labute approximate surface area is 106 Å². The minimum atomic E-state index is -3.42. The molecule has 0 aliphatic carbocycles. The van der Waals surface area contributed by atoms with Crippen LogP contribution in [-0.4, -0.2) is 27.4 Å². The highest BCUT2D eigenvalue weighted by Crippen LogP contribution is 2.17. The van der Waals surface area contributed by atoms with E-state index < -0.39 is 15.4 Å². The highest BCUT2D eigenvalue weighted by atomic mass is 32.2. The lowest BCUT2D eigenvalue weighted by Crippen LogP contribution is -2.32. The Kier molecular flexibility index (Phi) is 8.00. The third-order valence-corrected chi connectivity index (χ3v) is 3.66. The molecule has 0 atom stereocenters. The molecule has 4 nitrogen and oxygen atoms in total. The molecule has 2 N–H and O–H groups in total. The maximum absolute atomic E-state index is 11.0. The second kappa shape index (κ2) is 8.06. The van der Waals surface area contributed by atoms with E-state index in [2.05, 4.69) is 6.92 Å². The van der Waals surface area contributed by atoms with Gasteiger partial charge in [0.2, 0.25) is 10.0 Å².